The first-order valence-electron chi connectivity index (χ1n) is 6.14. The Bertz CT molecular complexity index is 608. The molecule has 2 rings (SSSR count). The minimum atomic E-state index is 0.447. The molecule has 2 aromatic rings. The summed E-state index contributed by atoms with van der Waals surface area (Å²) in [5, 5.41) is 4.15. The van der Waals surface area contributed by atoms with E-state index in [2.05, 4.69) is 5.10 Å². The second-order valence-electron chi connectivity index (χ2n) is 4.36. The van der Waals surface area contributed by atoms with Crippen molar-refractivity contribution in [3.05, 3.63) is 23.9 Å². The van der Waals surface area contributed by atoms with Crippen LogP contribution in [0.3, 0.4) is 0 Å². The highest BCUT2D eigenvalue weighted by Crippen LogP contribution is 2.38. The van der Waals surface area contributed by atoms with Gasteiger partial charge in [0.25, 0.3) is 0 Å². The van der Waals surface area contributed by atoms with Gasteiger partial charge in [-0.25, -0.2) is 0 Å². The van der Waals surface area contributed by atoms with Gasteiger partial charge in [-0.1, -0.05) is 0 Å². The third-order valence-electron chi connectivity index (χ3n) is 3.18. The predicted molar refractivity (Wildman–Crippen MR) is 76.9 cm³/mol. The quantitative estimate of drug-likeness (QED) is 0.902. The van der Waals surface area contributed by atoms with Crippen molar-refractivity contribution in [1.82, 2.24) is 9.78 Å². The average molecular weight is 277 g/mol. The Morgan fingerprint density at radius 3 is 2.30 bits per heavy atom. The van der Waals surface area contributed by atoms with Gasteiger partial charge in [0.2, 0.25) is 0 Å². The summed E-state index contributed by atoms with van der Waals surface area (Å²) in [4.78, 5) is 0. The summed E-state index contributed by atoms with van der Waals surface area (Å²) in [7, 11) is 6.67. The maximum atomic E-state index is 6.03. The van der Waals surface area contributed by atoms with Gasteiger partial charge in [0.05, 0.1) is 27.0 Å². The van der Waals surface area contributed by atoms with E-state index < -0.39 is 0 Å². The molecular formula is C14H19N3O3. The molecule has 1 aromatic carbocycles. The van der Waals surface area contributed by atoms with Crippen LogP contribution < -0.4 is 15.2 Å². The van der Waals surface area contributed by atoms with Crippen molar-refractivity contribution >= 4 is 5.82 Å². The second-order valence-corrected chi connectivity index (χ2v) is 4.36. The molecule has 1 aromatic heterocycles. The Balaban J connectivity index is 2.60. The number of anilines is 1. The van der Waals surface area contributed by atoms with Crippen molar-refractivity contribution in [2.75, 3.05) is 27.1 Å². The molecule has 0 aliphatic rings. The molecule has 1 heterocycles. The van der Waals surface area contributed by atoms with Crippen LogP contribution in [0.5, 0.6) is 11.5 Å². The molecule has 0 bridgehead atoms. The monoisotopic (exact) mass is 277 g/mol. The number of aromatic nitrogens is 2. The second kappa shape index (κ2) is 5.83. The van der Waals surface area contributed by atoms with E-state index in [1.807, 2.05) is 12.1 Å². The molecule has 0 fully saturated rings. The van der Waals surface area contributed by atoms with Crippen LogP contribution in [0.4, 0.5) is 5.82 Å². The van der Waals surface area contributed by atoms with Crippen molar-refractivity contribution in [1.29, 1.82) is 0 Å². The number of benzene rings is 1. The van der Waals surface area contributed by atoms with Crippen LogP contribution in [0.15, 0.2) is 18.3 Å². The van der Waals surface area contributed by atoms with Crippen molar-refractivity contribution in [2.45, 2.75) is 6.61 Å². The Hall–Kier alpha value is -2.21. The van der Waals surface area contributed by atoms with Crippen LogP contribution in [-0.4, -0.2) is 31.1 Å². The number of hydrogen-bond donors (Lipinski definition) is 1. The van der Waals surface area contributed by atoms with Gasteiger partial charge in [0.1, 0.15) is 17.3 Å². The van der Waals surface area contributed by atoms with E-state index >= 15 is 0 Å². The first kappa shape index (κ1) is 14.2. The van der Waals surface area contributed by atoms with Crippen LogP contribution in [0.1, 0.15) is 5.56 Å². The highest BCUT2D eigenvalue weighted by atomic mass is 16.5. The molecular weight excluding hydrogens is 258 g/mol. The van der Waals surface area contributed by atoms with Crippen LogP contribution in [0.25, 0.3) is 11.1 Å². The third kappa shape index (κ3) is 2.42. The normalized spacial score (nSPS) is 10.6. The lowest BCUT2D eigenvalue weighted by molar-refractivity contribution is 0.181. The Morgan fingerprint density at radius 1 is 1.10 bits per heavy atom. The molecule has 0 aliphatic carbocycles. The standard InChI is InChI=1S/C14H19N3O3/c1-17-14(15)11(7-16-17)10-6-12(19-3)9(8-18-2)5-13(10)20-4/h5-7H,8,15H2,1-4H3. The van der Waals surface area contributed by atoms with Crippen molar-refractivity contribution in [3.63, 3.8) is 0 Å². The average Bonchev–Trinajstić information content (AvgIpc) is 2.79. The summed E-state index contributed by atoms with van der Waals surface area (Å²) in [6, 6.07) is 3.78. The smallest absolute Gasteiger partial charge is 0.129 e. The number of aryl methyl sites for hydroxylation is 1. The lowest BCUT2D eigenvalue weighted by Crippen LogP contribution is -2.00. The molecule has 0 saturated carbocycles. The number of nitrogen functional groups attached to an aromatic ring is 1. The van der Waals surface area contributed by atoms with Crippen molar-refractivity contribution in [3.8, 4) is 22.6 Å². The SMILES string of the molecule is COCc1cc(OC)c(-c2cnn(C)c2N)cc1OC. The molecule has 0 aliphatic heterocycles. The number of rotatable bonds is 5. The molecule has 0 saturated heterocycles. The fourth-order valence-corrected chi connectivity index (χ4v) is 2.09. The van der Waals surface area contributed by atoms with Crippen LogP contribution in [0, 0.1) is 0 Å². The number of hydrogen-bond acceptors (Lipinski definition) is 5. The van der Waals surface area contributed by atoms with Gasteiger partial charge in [-0.2, -0.15) is 5.10 Å². The number of nitrogens with two attached hydrogens (primary N) is 1. The zero-order valence-corrected chi connectivity index (χ0v) is 12.1. The van der Waals surface area contributed by atoms with Crippen LogP contribution in [-0.2, 0) is 18.4 Å². The molecule has 20 heavy (non-hydrogen) atoms. The maximum absolute atomic E-state index is 6.03. The lowest BCUT2D eigenvalue weighted by Gasteiger charge is -2.14. The molecule has 108 valence electrons. The molecule has 0 radical (unpaired) electrons. The zero-order valence-electron chi connectivity index (χ0n) is 12.1. The van der Waals surface area contributed by atoms with E-state index in [9.17, 15) is 0 Å². The highest BCUT2D eigenvalue weighted by Gasteiger charge is 2.16. The van der Waals surface area contributed by atoms with Gasteiger partial charge in [-0.3, -0.25) is 4.68 Å². The van der Waals surface area contributed by atoms with Gasteiger partial charge in [-0.15, -0.1) is 0 Å². The minimum absolute atomic E-state index is 0.447. The number of nitrogens with zero attached hydrogens (tertiary/aromatic N) is 2. The predicted octanol–water partition coefficient (Wildman–Crippen LogP) is 1.83. The van der Waals surface area contributed by atoms with E-state index in [0.717, 1.165) is 22.4 Å². The number of methoxy groups -OCH3 is 3. The van der Waals surface area contributed by atoms with Crippen molar-refractivity contribution < 1.29 is 14.2 Å². The summed E-state index contributed by atoms with van der Waals surface area (Å²) in [5.41, 5.74) is 8.59. The zero-order chi connectivity index (χ0) is 14.7. The molecule has 6 nitrogen and oxygen atoms in total. The fourth-order valence-electron chi connectivity index (χ4n) is 2.09. The Morgan fingerprint density at radius 2 is 1.80 bits per heavy atom. The first-order chi connectivity index (χ1) is 9.62. The number of ether oxygens (including phenoxy) is 3. The van der Waals surface area contributed by atoms with Crippen molar-refractivity contribution in [2.24, 2.45) is 7.05 Å². The highest BCUT2D eigenvalue weighted by molar-refractivity contribution is 5.80. The van der Waals surface area contributed by atoms with Gasteiger partial charge in [0.15, 0.2) is 0 Å². The maximum Gasteiger partial charge on any atom is 0.129 e. The van der Waals surface area contributed by atoms with Gasteiger partial charge < -0.3 is 19.9 Å². The van der Waals surface area contributed by atoms with Gasteiger partial charge in [0, 0.05) is 30.8 Å². The molecule has 2 N–H and O–H groups in total. The van der Waals surface area contributed by atoms with E-state index in [4.69, 9.17) is 19.9 Å². The summed E-state index contributed by atoms with van der Waals surface area (Å²) in [6.45, 7) is 0.447. The summed E-state index contributed by atoms with van der Waals surface area (Å²) in [5.74, 6) is 2.01. The fraction of sp³-hybridized carbons (Fsp3) is 0.357. The van der Waals surface area contributed by atoms with E-state index in [1.165, 1.54) is 0 Å². The van der Waals surface area contributed by atoms with Gasteiger partial charge in [-0.05, 0) is 12.1 Å². The topological polar surface area (TPSA) is 71.5 Å². The first-order valence-corrected chi connectivity index (χ1v) is 6.14. The molecule has 0 spiro atoms. The summed E-state index contributed by atoms with van der Waals surface area (Å²) >= 11 is 0. The van der Waals surface area contributed by atoms with Gasteiger partial charge >= 0.3 is 0 Å². The Labute approximate surface area is 118 Å². The van der Waals surface area contributed by atoms with E-state index in [0.29, 0.717) is 18.2 Å². The van der Waals surface area contributed by atoms with Crippen LogP contribution >= 0.6 is 0 Å². The molecule has 6 heteroatoms. The lowest BCUT2D eigenvalue weighted by atomic mass is 10.0. The largest absolute Gasteiger partial charge is 0.496 e. The van der Waals surface area contributed by atoms with E-state index in [-0.39, 0.29) is 0 Å². The molecule has 0 atom stereocenters. The third-order valence-corrected chi connectivity index (χ3v) is 3.18. The molecule has 0 amide bonds. The van der Waals surface area contributed by atoms with E-state index in [1.54, 1.807) is 39.3 Å². The summed E-state index contributed by atoms with van der Waals surface area (Å²) < 4.78 is 17.6. The minimum Gasteiger partial charge on any atom is -0.496 e. The summed E-state index contributed by atoms with van der Waals surface area (Å²) in [6.07, 6.45) is 1.71. The molecule has 0 unspecified atom stereocenters. The Kier molecular flexibility index (Phi) is 4.14. The van der Waals surface area contributed by atoms with Crippen LogP contribution in [0.2, 0.25) is 0 Å².